The van der Waals surface area contributed by atoms with Gasteiger partial charge in [0.25, 0.3) is 11.8 Å². The van der Waals surface area contributed by atoms with Crippen LogP contribution in [0.2, 0.25) is 0 Å². The Bertz CT molecular complexity index is 713. The minimum atomic E-state index is -0.861. The molecule has 1 atom stereocenters. The fraction of sp³-hybridized carbons (Fsp3) is 0.600. The Morgan fingerprint density at radius 1 is 1.14 bits per heavy atom. The molecule has 7 nitrogen and oxygen atoms in total. The highest BCUT2D eigenvalue weighted by Gasteiger charge is 2.27. The Hall–Kier alpha value is -2.35. The van der Waals surface area contributed by atoms with Crippen molar-refractivity contribution in [3.63, 3.8) is 0 Å². The van der Waals surface area contributed by atoms with Crippen molar-refractivity contribution in [2.75, 3.05) is 39.2 Å². The molecule has 3 rings (SSSR count). The van der Waals surface area contributed by atoms with Crippen molar-refractivity contribution in [3.8, 4) is 11.5 Å². The van der Waals surface area contributed by atoms with Gasteiger partial charge in [-0.05, 0) is 44.2 Å². The fourth-order valence-electron chi connectivity index (χ4n) is 3.58. The lowest BCUT2D eigenvalue weighted by atomic mass is 10.1. The maximum Gasteiger partial charge on any atom is 0.254 e. The lowest BCUT2D eigenvalue weighted by Crippen LogP contribution is -2.39. The van der Waals surface area contributed by atoms with Gasteiger partial charge in [-0.2, -0.15) is 0 Å². The van der Waals surface area contributed by atoms with Crippen LogP contribution < -0.4 is 14.8 Å². The third-order valence-corrected chi connectivity index (χ3v) is 5.17. The number of benzene rings is 1. The van der Waals surface area contributed by atoms with Gasteiger partial charge in [-0.15, -0.1) is 0 Å². The Morgan fingerprint density at radius 3 is 2.50 bits per heavy atom. The topological polar surface area (TPSA) is 77.1 Å². The summed E-state index contributed by atoms with van der Waals surface area (Å²) in [6, 6.07) is 3.15. The zero-order valence-electron chi connectivity index (χ0n) is 16.3. The van der Waals surface area contributed by atoms with E-state index in [1.807, 2.05) is 0 Å². The number of methoxy groups -OCH3 is 2. The van der Waals surface area contributed by atoms with Crippen molar-refractivity contribution in [2.45, 2.75) is 44.4 Å². The zero-order chi connectivity index (χ0) is 20.1. The first kappa shape index (κ1) is 20.4. The molecular weight excluding hydrogens is 367 g/mol. The summed E-state index contributed by atoms with van der Waals surface area (Å²) in [5.74, 6) is 0.180. The average molecular weight is 394 g/mol. The second-order valence-electron chi connectivity index (χ2n) is 7.07. The molecule has 0 bridgehead atoms. The van der Waals surface area contributed by atoms with E-state index in [-0.39, 0.29) is 11.8 Å². The molecule has 2 aliphatic heterocycles. The quantitative estimate of drug-likeness (QED) is 0.831. The van der Waals surface area contributed by atoms with Crippen LogP contribution >= 0.6 is 0 Å². The van der Waals surface area contributed by atoms with Crippen molar-refractivity contribution < 1.29 is 28.2 Å². The number of halogens is 1. The molecule has 2 fully saturated rings. The molecule has 0 spiro atoms. The number of piperidine rings is 1. The molecule has 1 N–H and O–H groups in total. The second-order valence-corrected chi connectivity index (χ2v) is 7.07. The fourth-order valence-corrected chi connectivity index (χ4v) is 3.58. The molecule has 154 valence electrons. The normalized spacial score (nSPS) is 20.5. The second kappa shape index (κ2) is 9.23. The summed E-state index contributed by atoms with van der Waals surface area (Å²) in [6.45, 7) is 1.29. The van der Waals surface area contributed by atoms with Crippen molar-refractivity contribution in [1.29, 1.82) is 0 Å². The van der Waals surface area contributed by atoms with Crippen LogP contribution in [-0.4, -0.2) is 62.9 Å². The number of anilines is 1. The van der Waals surface area contributed by atoms with Crippen LogP contribution in [0.4, 0.5) is 10.1 Å². The van der Waals surface area contributed by atoms with Gasteiger partial charge in [0.2, 0.25) is 0 Å². The molecule has 2 saturated heterocycles. The number of alkyl halides is 1. The molecule has 0 aliphatic carbocycles. The minimum absolute atomic E-state index is 0.225. The van der Waals surface area contributed by atoms with E-state index in [0.717, 1.165) is 12.8 Å². The first-order valence-electron chi connectivity index (χ1n) is 9.65. The number of carbonyl (C=O) groups is 2. The largest absolute Gasteiger partial charge is 0.493 e. The molecule has 0 saturated carbocycles. The predicted molar refractivity (Wildman–Crippen MR) is 102 cm³/mol. The number of ether oxygens (including phenoxy) is 3. The molecule has 2 aliphatic rings. The third kappa shape index (κ3) is 4.55. The summed E-state index contributed by atoms with van der Waals surface area (Å²) in [5.41, 5.74) is 0.708. The number of carbonyl (C=O) groups excluding carboxylic acids is 2. The number of nitrogens with one attached hydrogen (secondary N) is 1. The minimum Gasteiger partial charge on any atom is -0.493 e. The van der Waals surface area contributed by atoms with E-state index < -0.39 is 12.3 Å². The number of nitrogens with zero attached hydrogens (tertiary/aromatic N) is 1. The number of hydrogen-bond acceptors (Lipinski definition) is 5. The monoisotopic (exact) mass is 394 g/mol. The molecule has 28 heavy (non-hydrogen) atoms. The summed E-state index contributed by atoms with van der Waals surface area (Å²) in [7, 11) is 2.94. The van der Waals surface area contributed by atoms with E-state index in [0.29, 0.717) is 61.7 Å². The van der Waals surface area contributed by atoms with Crippen molar-refractivity contribution in [1.82, 2.24) is 4.90 Å². The third-order valence-electron chi connectivity index (χ3n) is 5.17. The molecule has 0 aromatic heterocycles. The van der Waals surface area contributed by atoms with Gasteiger partial charge in [0.15, 0.2) is 11.5 Å². The lowest BCUT2D eigenvalue weighted by molar-refractivity contribution is -0.129. The van der Waals surface area contributed by atoms with E-state index in [1.54, 1.807) is 17.0 Å². The molecular formula is C20H27FN2O5. The summed E-state index contributed by atoms with van der Waals surface area (Å²) < 4.78 is 29.7. The van der Waals surface area contributed by atoms with Crippen molar-refractivity contribution in [3.05, 3.63) is 17.7 Å². The summed E-state index contributed by atoms with van der Waals surface area (Å²) in [6.07, 6.45) is 1.82. The number of amides is 2. The molecule has 1 unspecified atom stereocenters. The first-order chi connectivity index (χ1) is 13.5. The van der Waals surface area contributed by atoms with E-state index in [2.05, 4.69) is 5.32 Å². The summed E-state index contributed by atoms with van der Waals surface area (Å²) in [4.78, 5) is 27.1. The molecule has 1 aromatic rings. The van der Waals surface area contributed by atoms with E-state index in [1.165, 1.54) is 14.2 Å². The standard InChI is InChI=1S/C20H27FN2O5/c1-26-17-12-13(20(25)23-8-6-14(21)7-9-23)11-15(18(17)27-2)22-19(24)16-5-3-4-10-28-16/h11-12,14,16H,3-10H2,1-2H3,(H,22,24). The van der Waals surface area contributed by atoms with Crippen LogP contribution in [0.15, 0.2) is 12.1 Å². The molecule has 2 heterocycles. The summed E-state index contributed by atoms with van der Waals surface area (Å²) >= 11 is 0. The maximum atomic E-state index is 13.4. The Labute approximate surface area is 164 Å². The van der Waals surface area contributed by atoms with Crippen LogP contribution in [0, 0.1) is 0 Å². The summed E-state index contributed by atoms with van der Waals surface area (Å²) in [5, 5.41) is 2.81. The van der Waals surface area contributed by atoms with Gasteiger partial charge in [0.05, 0.1) is 19.9 Å². The highest BCUT2D eigenvalue weighted by molar-refractivity contribution is 6.00. The number of hydrogen-bond donors (Lipinski definition) is 1. The molecule has 0 radical (unpaired) electrons. The smallest absolute Gasteiger partial charge is 0.254 e. The zero-order valence-corrected chi connectivity index (χ0v) is 16.3. The highest BCUT2D eigenvalue weighted by atomic mass is 19.1. The van der Waals surface area contributed by atoms with Crippen LogP contribution in [-0.2, 0) is 9.53 Å². The van der Waals surface area contributed by atoms with Gasteiger partial charge in [0.1, 0.15) is 12.3 Å². The highest BCUT2D eigenvalue weighted by Crippen LogP contribution is 2.37. The van der Waals surface area contributed by atoms with Gasteiger partial charge in [-0.1, -0.05) is 0 Å². The average Bonchev–Trinajstić information content (AvgIpc) is 2.73. The van der Waals surface area contributed by atoms with E-state index >= 15 is 0 Å². The van der Waals surface area contributed by atoms with Gasteiger partial charge in [-0.3, -0.25) is 9.59 Å². The molecule has 8 heteroatoms. The van der Waals surface area contributed by atoms with Crippen LogP contribution in [0.5, 0.6) is 11.5 Å². The number of likely N-dealkylation sites (tertiary alicyclic amines) is 1. The van der Waals surface area contributed by atoms with Crippen LogP contribution in [0.1, 0.15) is 42.5 Å². The lowest BCUT2D eigenvalue weighted by Gasteiger charge is -2.29. The van der Waals surface area contributed by atoms with E-state index in [9.17, 15) is 14.0 Å². The van der Waals surface area contributed by atoms with Gasteiger partial charge < -0.3 is 24.4 Å². The predicted octanol–water partition coefficient (Wildman–Crippen LogP) is 2.79. The number of rotatable bonds is 5. The van der Waals surface area contributed by atoms with Crippen LogP contribution in [0.25, 0.3) is 0 Å². The van der Waals surface area contributed by atoms with E-state index in [4.69, 9.17) is 14.2 Å². The Morgan fingerprint density at radius 2 is 1.89 bits per heavy atom. The Kier molecular flexibility index (Phi) is 6.72. The van der Waals surface area contributed by atoms with Crippen molar-refractivity contribution in [2.24, 2.45) is 0 Å². The van der Waals surface area contributed by atoms with Gasteiger partial charge in [-0.25, -0.2) is 4.39 Å². The first-order valence-corrected chi connectivity index (χ1v) is 9.65. The maximum absolute atomic E-state index is 13.4. The molecule has 2 amide bonds. The van der Waals surface area contributed by atoms with Crippen molar-refractivity contribution >= 4 is 17.5 Å². The van der Waals surface area contributed by atoms with Crippen LogP contribution in [0.3, 0.4) is 0 Å². The Balaban J connectivity index is 1.84. The van der Waals surface area contributed by atoms with Gasteiger partial charge in [0, 0.05) is 25.3 Å². The van der Waals surface area contributed by atoms with Gasteiger partial charge >= 0.3 is 0 Å². The molecule has 1 aromatic carbocycles. The SMILES string of the molecule is COc1cc(C(=O)N2CCC(F)CC2)cc(NC(=O)C2CCCCO2)c1OC.